The monoisotopic (exact) mass is 291 g/mol. The number of aromatic nitrogens is 2. The molecular formula is C16H29N5. The van der Waals surface area contributed by atoms with Crippen LogP contribution in [0.1, 0.15) is 65.6 Å². The zero-order valence-corrected chi connectivity index (χ0v) is 13.7. The van der Waals surface area contributed by atoms with E-state index in [2.05, 4.69) is 48.4 Å². The second-order valence-corrected chi connectivity index (χ2v) is 7.31. The third kappa shape index (κ3) is 4.56. The molecule has 1 aromatic rings. The zero-order chi connectivity index (χ0) is 15.5. The summed E-state index contributed by atoms with van der Waals surface area (Å²) in [6.07, 6.45) is 6.34. The molecular weight excluding hydrogens is 262 g/mol. The number of hydrazine groups is 1. The Hall–Kier alpha value is -1.36. The van der Waals surface area contributed by atoms with Crippen LogP contribution in [0.25, 0.3) is 0 Å². The van der Waals surface area contributed by atoms with Gasteiger partial charge in [0.05, 0.1) is 0 Å². The summed E-state index contributed by atoms with van der Waals surface area (Å²) in [5, 5.41) is 3.58. The third-order valence-corrected chi connectivity index (χ3v) is 4.15. The summed E-state index contributed by atoms with van der Waals surface area (Å²) in [7, 11) is 0. The molecule has 0 amide bonds. The van der Waals surface area contributed by atoms with Gasteiger partial charge in [-0.25, -0.2) is 15.8 Å². The van der Waals surface area contributed by atoms with Gasteiger partial charge in [-0.2, -0.15) is 0 Å². The van der Waals surface area contributed by atoms with Gasteiger partial charge in [0.25, 0.3) is 0 Å². The van der Waals surface area contributed by atoms with Crippen LogP contribution in [0.5, 0.6) is 0 Å². The number of hydrogen-bond acceptors (Lipinski definition) is 5. The molecule has 0 bridgehead atoms. The summed E-state index contributed by atoms with van der Waals surface area (Å²) in [5.41, 5.74) is 2.55. The van der Waals surface area contributed by atoms with Crippen LogP contribution >= 0.6 is 0 Å². The molecule has 1 saturated carbocycles. The first-order valence-corrected chi connectivity index (χ1v) is 8.01. The van der Waals surface area contributed by atoms with Crippen molar-refractivity contribution in [3.63, 3.8) is 0 Å². The summed E-state index contributed by atoms with van der Waals surface area (Å²) >= 11 is 0. The third-order valence-electron chi connectivity index (χ3n) is 4.15. The molecule has 1 aliphatic carbocycles. The maximum absolute atomic E-state index is 5.54. The van der Waals surface area contributed by atoms with Gasteiger partial charge in [-0.1, -0.05) is 40.5 Å². The molecule has 2 atom stereocenters. The lowest BCUT2D eigenvalue weighted by atomic mass is 9.96. The second-order valence-electron chi connectivity index (χ2n) is 7.31. The van der Waals surface area contributed by atoms with Crippen molar-refractivity contribution in [3.8, 4) is 0 Å². The predicted octanol–water partition coefficient (Wildman–Crippen LogP) is 3.44. The van der Waals surface area contributed by atoms with Crippen molar-refractivity contribution in [2.45, 2.75) is 71.3 Å². The van der Waals surface area contributed by atoms with Gasteiger partial charge >= 0.3 is 0 Å². The van der Waals surface area contributed by atoms with E-state index in [9.17, 15) is 0 Å². The number of rotatable bonds is 3. The molecule has 5 heteroatoms. The SMILES string of the molecule is CC1CCCC(Nc2cc(NN)nc(C(C)(C)C)n2)CC1. The van der Waals surface area contributed by atoms with Gasteiger partial charge in [0.15, 0.2) is 0 Å². The lowest BCUT2D eigenvalue weighted by Crippen LogP contribution is -2.23. The Labute approximate surface area is 128 Å². The number of nitrogen functional groups attached to an aromatic ring is 1. The number of nitrogens with one attached hydrogen (secondary N) is 2. The van der Waals surface area contributed by atoms with Crippen LogP contribution < -0.4 is 16.6 Å². The largest absolute Gasteiger partial charge is 0.367 e. The Bertz CT molecular complexity index is 466. The van der Waals surface area contributed by atoms with Crippen molar-refractivity contribution in [1.82, 2.24) is 9.97 Å². The highest BCUT2D eigenvalue weighted by molar-refractivity contribution is 5.48. The Morgan fingerprint density at radius 1 is 1.10 bits per heavy atom. The lowest BCUT2D eigenvalue weighted by Gasteiger charge is -2.21. The standard InChI is InChI=1S/C16H29N5/c1-11-6-5-7-12(9-8-11)18-13-10-14(21-17)20-15(19-13)16(2,3)4/h10-12H,5-9,17H2,1-4H3,(H2,18,19,20,21). The maximum Gasteiger partial charge on any atom is 0.145 e. The van der Waals surface area contributed by atoms with Crippen LogP contribution in [0.15, 0.2) is 6.07 Å². The molecule has 0 radical (unpaired) electrons. The van der Waals surface area contributed by atoms with E-state index in [-0.39, 0.29) is 5.41 Å². The Morgan fingerprint density at radius 2 is 1.81 bits per heavy atom. The van der Waals surface area contributed by atoms with E-state index in [1.807, 2.05) is 6.07 Å². The molecule has 0 spiro atoms. The molecule has 2 unspecified atom stereocenters. The van der Waals surface area contributed by atoms with Crippen molar-refractivity contribution in [2.75, 3.05) is 10.7 Å². The van der Waals surface area contributed by atoms with Gasteiger partial charge in [-0.05, 0) is 25.2 Å². The van der Waals surface area contributed by atoms with Crippen molar-refractivity contribution in [3.05, 3.63) is 11.9 Å². The minimum absolute atomic E-state index is 0.0960. The Kier molecular flexibility index (Phi) is 5.04. The molecule has 5 nitrogen and oxygen atoms in total. The van der Waals surface area contributed by atoms with Gasteiger partial charge in [-0.3, -0.25) is 0 Å². The highest BCUT2D eigenvalue weighted by Crippen LogP contribution is 2.26. The van der Waals surface area contributed by atoms with E-state index in [0.29, 0.717) is 11.9 Å². The molecule has 0 aliphatic heterocycles. The maximum atomic E-state index is 5.54. The van der Waals surface area contributed by atoms with Gasteiger partial charge in [0.1, 0.15) is 17.5 Å². The first-order valence-electron chi connectivity index (χ1n) is 8.01. The number of nitrogens with two attached hydrogens (primary N) is 1. The predicted molar refractivity (Wildman–Crippen MR) is 88.2 cm³/mol. The van der Waals surface area contributed by atoms with E-state index in [1.165, 1.54) is 32.1 Å². The van der Waals surface area contributed by atoms with Crippen LogP contribution in [0, 0.1) is 5.92 Å². The van der Waals surface area contributed by atoms with Gasteiger partial charge in [-0.15, -0.1) is 0 Å². The van der Waals surface area contributed by atoms with Gasteiger partial charge < -0.3 is 10.7 Å². The minimum Gasteiger partial charge on any atom is -0.367 e. The fourth-order valence-corrected chi connectivity index (χ4v) is 2.77. The minimum atomic E-state index is -0.0960. The average Bonchev–Trinajstić information content (AvgIpc) is 2.62. The second kappa shape index (κ2) is 6.60. The highest BCUT2D eigenvalue weighted by atomic mass is 15.3. The molecule has 0 saturated heterocycles. The van der Waals surface area contributed by atoms with Gasteiger partial charge in [0, 0.05) is 17.5 Å². The molecule has 1 aliphatic rings. The van der Waals surface area contributed by atoms with Crippen LogP contribution in [0.2, 0.25) is 0 Å². The molecule has 1 aromatic heterocycles. The number of anilines is 2. The number of nitrogens with zero attached hydrogens (tertiary/aromatic N) is 2. The summed E-state index contributed by atoms with van der Waals surface area (Å²) in [6.45, 7) is 8.68. The van der Waals surface area contributed by atoms with Crippen molar-refractivity contribution < 1.29 is 0 Å². The molecule has 1 heterocycles. The van der Waals surface area contributed by atoms with E-state index in [1.54, 1.807) is 0 Å². The molecule has 2 rings (SSSR count). The Balaban J connectivity index is 2.15. The highest BCUT2D eigenvalue weighted by Gasteiger charge is 2.21. The van der Waals surface area contributed by atoms with E-state index in [0.717, 1.165) is 17.6 Å². The molecule has 1 fully saturated rings. The van der Waals surface area contributed by atoms with E-state index < -0.39 is 0 Å². The fourth-order valence-electron chi connectivity index (χ4n) is 2.77. The van der Waals surface area contributed by atoms with E-state index >= 15 is 0 Å². The van der Waals surface area contributed by atoms with Crippen LogP contribution in [0.4, 0.5) is 11.6 Å². The zero-order valence-electron chi connectivity index (χ0n) is 13.7. The Morgan fingerprint density at radius 3 is 2.48 bits per heavy atom. The fraction of sp³-hybridized carbons (Fsp3) is 0.750. The smallest absolute Gasteiger partial charge is 0.145 e. The molecule has 21 heavy (non-hydrogen) atoms. The summed E-state index contributed by atoms with van der Waals surface area (Å²) in [6, 6.07) is 2.40. The average molecular weight is 291 g/mol. The first-order chi connectivity index (χ1) is 9.88. The number of hydrogen-bond donors (Lipinski definition) is 3. The normalized spacial score (nSPS) is 23.5. The van der Waals surface area contributed by atoms with E-state index in [4.69, 9.17) is 5.84 Å². The molecule has 0 aromatic carbocycles. The molecule has 118 valence electrons. The van der Waals surface area contributed by atoms with Crippen LogP contribution in [0.3, 0.4) is 0 Å². The lowest BCUT2D eigenvalue weighted by molar-refractivity contribution is 0.501. The summed E-state index contributed by atoms with van der Waals surface area (Å²) in [4.78, 5) is 9.14. The van der Waals surface area contributed by atoms with Crippen LogP contribution in [-0.2, 0) is 5.41 Å². The van der Waals surface area contributed by atoms with Crippen LogP contribution in [-0.4, -0.2) is 16.0 Å². The van der Waals surface area contributed by atoms with Crippen molar-refractivity contribution >= 4 is 11.6 Å². The summed E-state index contributed by atoms with van der Waals surface area (Å²) < 4.78 is 0. The molecule has 4 N–H and O–H groups in total. The van der Waals surface area contributed by atoms with Crippen molar-refractivity contribution in [2.24, 2.45) is 11.8 Å². The first kappa shape index (κ1) is 16.0. The van der Waals surface area contributed by atoms with Gasteiger partial charge in [0.2, 0.25) is 0 Å². The quantitative estimate of drug-likeness (QED) is 0.452. The summed E-state index contributed by atoms with van der Waals surface area (Å²) in [5.74, 6) is 8.73. The topological polar surface area (TPSA) is 75.9 Å². The van der Waals surface area contributed by atoms with Crippen molar-refractivity contribution in [1.29, 1.82) is 0 Å².